The van der Waals surface area contributed by atoms with Gasteiger partial charge in [-0.2, -0.15) is 0 Å². The molecule has 0 spiro atoms. The van der Waals surface area contributed by atoms with Gasteiger partial charge in [0.25, 0.3) is 0 Å². The highest BCUT2D eigenvalue weighted by atomic mass is 16.6. The van der Waals surface area contributed by atoms with E-state index in [1.165, 1.54) is 16.5 Å². The number of aryl methyl sites for hydroxylation is 1. The molecule has 0 N–H and O–H groups in total. The normalized spacial score (nSPS) is 25.6. The van der Waals surface area contributed by atoms with Crippen molar-refractivity contribution in [2.45, 2.75) is 19.1 Å². The van der Waals surface area contributed by atoms with Crippen molar-refractivity contribution >= 4 is 10.9 Å². The Bertz CT molecular complexity index is 486. The molecular weight excluding hydrogens is 174 g/mol. The SMILES string of the molecule is CC1OC1c1cn(C)c2ccccc12. The van der Waals surface area contributed by atoms with Gasteiger partial charge in [-0.3, -0.25) is 0 Å². The second-order valence-electron chi connectivity index (χ2n) is 3.97. The number of epoxide rings is 1. The molecule has 2 heterocycles. The molecule has 0 aliphatic carbocycles. The number of aromatic nitrogens is 1. The highest BCUT2D eigenvalue weighted by molar-refractivity contribution is 5.84. The summed E-state index contributed by atoms with van der Waals surface area (Å²) in [5, 5.41) is 1.32. The number of hydrogen-bond acceptors (Lipinski definition) is 1. The summed E-state index contributed by atoms with van der Waals surface area (Å²) in [6.07, 6.45) is 2.89. The number of ether oxygens (including phenoxy) is 1. The van der Waals surface area contributed by atoms with Crippen LogP contribution in [0.5, 0.6) is 0 Å². The summed E-state index contributed by atoms with van der Waals surface area (Å²) in [6, 6.07) is 8.47. The summed E-state index contributed by atoms with van der Waals surface area (Å²) in [5.41, 5.74) is 2.61. The van der Waals surface area contributed by atoms with Gasteiger partial charge >= 0.3 is 0 Å². The van der Waals surface area contributed by atoms with E-state index in [4.69, 9.17) is 4.74 Å². The zero-order valence-electron chi connectivity index (χ0n) is 8.40. The summed E-state index contributed by atoms with van der Waals surface area (Å²) in [6.45, 7) is 2.12. The molecule has 0 saturated carbocycles. The van der Waals surface area contributed by atoms with E-state index in [1.807, 2.05) is 0 Å². The fourth-order valence-electron chi connectivity index (χ4n) is 2.11. The number of hydrogen-bond donors (Lipinski definition) is 0. The third kappa shape index (κ3) is 1.01. The highest BCUT2D eigenvalue weighted by Gasteiger charge is 2.37. The van der Waals surface area contributed by atoms with Crippen LogP contribution in [0.3, 0.4) is 0 Å². The molecule has 1 aliphatic rings. The van der Waals surface area contributed by atoms with Crippen LogP contribution in [0.25, 0.3) is 10.9 Å². The largest absolute Gasteiger partial charge is 0.365 e. The van der Waals surface area contributed by atoms with Gasteiger partial charge in [0.15, 0.2) is 0 Å². The maximum absolute atomic E-state index is 5.51. The number of fused-ring (bicyclic) bond motifs is 1. The van der Waals surface area contributed by atoms with Gasteiger partial charge in [0.2, 0.25) is 0 Å². The third-order valence-electron chi connectivity index (χ3n) is 2.95. The quantitative estimate of drug-likeness (QED) is 0.627. The lowest BCUT2D eigenvalue weighted by atomic mass is 10.1. The van der Waals surface area contributed by atoms with Crippen LogP contribution in [0.15, 0.2) is 30.5 Å². The topological polar surface area (TPSA) is 17.5 Å². The third-order valence-corrected chi connectivity index (χ3v) is 2.95. The van der Waals surface area contributed by atoms with Crippen molar-refractivity contribution < 1.29 is 4.74 Å². The second kappa shape index (κ2) is 2.61. The first-order valence-electron chi connectivity index (χ1n) is 4.97. The number of nitrogens with zero attached hydrogens (tertiary/aromatic N) is 1. The Labute approximate surface area is 83.1 Å². The van der Waals surface area contributed by atoms with Crippen molar-refractivity contribution in [3.05, 3.63) is 36.0 Å². The predicted molar refractivity (Wildman–Crippen MR) is 56.2 cm³/mol. The Balaban J connectivity index is 2.24. The van der Waals surface area contributed by atoms with Crippen LogP contribution >= 0.6 is 0 Å². The smallest absolute Gasteiger partial charge is 0.111 e. The molecule has 2 nitrogen and oxygen atoms in total. The maximum Gasteiger partial charge on any atom is 0.111 e. The number of benzene rings is 1. The van der Waals surface area contributed by atoms with Crippen LogP contribution in [-0.4, -0.2) is 10.7 Å². The molecule has 0 radical (unpaired) electrons. The summed E-state index contributed by atoms with van der Waals surface area (Å²) < 4.78 is 7.68. The van der Waals surface area contributed by atoms with Crippen molar-refractivity contribution in [2.75, 3.05) is 0 Å². The molecule has 1 aromatic carbocycles. The molecule has 14 heavy (non-hydrogen) atoms. The van der Waals surface area contributed by atoms with E-state index < -0.39 is 0 Å². The summed E-state index contributed by atoms with van der Waals surface area (Å²) in [5.74, 6) is 0. The lowest BCUT2D eigenvalue weighted by Gasteiger charge is -1.93. The van der Waals surface area contributed by atoms with Crippen LogP contribution in [0.2, 0.25) is 0 Å². The van der Waals surface area contributed by atoms with Crippen molar-refractivity contribution in [1.29, 1.82) is 0 Å². The van der Waals surface area contributed by atoms with Gasteiger partial charge in [-0.05, 0) is 13.0 Å². The summed E-state index contributed by atoms with van der Waals surface area (Å²) in [7, 11) is 2.08. The molecule has 2 heteroatoms. The van der Waals surface area contributed by atoms with Gasteiger partial charge in [0.1, 0.15) is 6.10 Å². The van der Waals surface area contributed by atoms with Gasteiger partial charge < -0.3 is 9.30 Å². The molecule has 2 atom stereocenters. The average Bonchev–Trinajstić information content (AvgIpc) is 2.82. The average molecular weight is 187 g/mol. The Morgan fingerprint density at radius 3 is 2.71 bits per heavy atom. The van der Waals surface area contributed by atoms with E-state index >= 15 is 0 Å². The minimum atomic E-state index is 0.320. The van der Waals surface area contributed by atoms with Crippen LogP contribution in [-0.2, 0) is 11.8 Å². The Kier molecular flexibility index (Phi) is 1.50. The molecule has 72 valence electrons. The standard InChI is InChI=1S/C12H13NO/c1-8-12(14-8)10-7-13(2)11-6-4-3-5-9(10)11/h3-8,12H,1-2H3. The number of rotatable bonds is 1. The first-order valence-corrected chi connectivity index (χ1v) is 4.97. The zero-order valence-corrected chi connectivity index (χ0v) is 8.40. The Hall–Kier alpha value is -1.28. The van der Waals surface area contributed by atoms with E-state index in [9.17, 15) is 0 Å². The van der Waals surface area contributed by atoms with Gasteiger partial charge in [0, 0.05) is 29.7 Å². The minimum Gasteiger partial charge on any atom is -0.365 e. The molecule has 1 saturated heterocycles. The molecule has 0 bridgehead atoms. The molecule has 1 aliphatic heterocycles. The van der Waals surface area contributed by atoms with Gasteiger partial charge in [-0.25, -0.2) is 0 Å². The molecule has 0 amide bonds. The fourth-order valence-corrected chi connectivity index (χ4v) is 2.11. The molecule has 3 rings (SSSR count). The zero-order chi connectivity index (χ0) is 9.71. The van der Waals surface area contributed by atoms with Gasteiger partial charge in [-0.15, -0.1) is 0 Å². The minimum absolute atomic E-state index is 0.320. The first-order chi connectivity index (χ1) is 6.77. The van der Waals surface area contributed by atoms with Gasteiger partial charge in [0.05, 0.1) is 6.10 Å². The predicted octanol–water partition coefficient (Wildman–Crippen LogP) is 2.64. The summed E-state index contributed by atoms with van der Waals surface area (Å²) in [4.78, 5) is 0. The van der Waals surface area contributed by atoms with E-state index in [2.05, 4.69) is 49.0 Å². The van der Waals surface area contributed by atoms with Crippen molar-refractivity contribution in [1.82, 2.24) is 4.57 Å². The van der Waals surface area contributed by atoms with Gasteiger partial charge in [-0.1, -0.05) is 18.2 Å². The Morgan fingerprint density at radius 1 is 1.29 bits per heavy atom. The van der Waals surface area contributed by atoms with E-state index in [-0.39, 0.29) is 0 Å². The van der Waals surface area contributed by atoms with E-state index in [0.29, 0.717) is 12.2 Å². The first kappa shape index (κ1) is 8.06. The molecule has 2 unspecified atom stereocenters. The van der Waals surface area contributed by atoms with E-state index in [1.54, 1.807) is 0 Å². The lowest BCUT2D eigenvalue weighted by molar-refractivity contribution is 0.383. The lowest BCUT2D eigenvalue weighted by Crippen LogP contribution is -1.82. The molecular formula is C12H13NO. The molecule has 2 aromatic rings. The van der Waals surface area contributed by atoms with Crippen LogP contribution < -0.4 is 0 Å². The van der Waals surface area contributed by atoms with Crippen LogP contribution in [0, 0.1) is 0 Å². The summed E-state index contributed by atoms with van der Waals surface area (Å²) >= 11 is 0. The Morgan fingerprint density at radius 2 is 2.00 bits per heavy atom. The highest BCUT2D eigenvalue weighted by Crippen LogP contribution is 2.41. The van der Waals surface area contributed by atoms with Crippen LogP contribution in [0.1, 0.15) is 18.6 Å². The molecule has 1 fully saturated rings. The van der Waals surface area contributed by atoms with Crippen molar-refractivity contribution in [3.8, 4) is 0 Å². The van der Waals surface area contributed by atoms with Crippen molar-refractivity contribution in [3.63, 3.8) is 0 Å². The fraction of sp³-hybridized carbons (Fsp3) is 0.333. The van der Waals surface area contributed by atoms with Crippen molar-refractivity contribution in [2.24, 2.45) is 7.05 Å². The maximum atomic E-state index is 5.51. The molecule has 1 aromatic heterocycles. The van der Waals surface area contributed by atoms with E-state index in [0.717, 1.165) is 0 Å². The second-order valence-corrected chi connectivity index (χ2v) is 3.97. The van der Waals surface area contributed by atoms with Crippen LogP contribution in [0.4, 0.5) is 0 Å². The number of para-hydroxylation sites is 1. The monoisotopic (exact) mass is 187 g/mol.